The van der Waals surface area contributed by atoms with Gasteiger partial charge >= 0.3 is 0 Å². The molecule has 0 unspecified atom stereocenters. The summed E-state index contributed by atoms with van der Waals surface area (Å²) in [5.74, 6) is -0.321. The number of nitrogens with zero attached hydrogens (tertiary/aromatic N) is 3. The van der Waals surface area contributed by atoms with Gasteiger partial charge in [-0.15, -0.1) is 0 Å². The maximum Gasteiger partial charge on any atom is 0.146 e. The second kappa shape index (κ2) is 5.84. The summed E-state index contributed by atoms with van der Waals surface area (Å²) >= 11 is 0. The fraction of sp³-hybridized carbons (Fsp3) is 0.154. The van der Waals surface area contributed by atoms with Gasteiger partial charge in [0.15, 0.2) is 0 Å². The first kappa shape index (κ1) is 12.1. The fourth-order valence-electron chi connectivity index (χ4n) is 1.45. The van der Waals surface area contributed by atoms with Crippen LogP contribution in [0, 0.1) is 17.1 Å². The van der Waals surface area contributed by atoms with E-state index < -0.39 is 0 Å². The van der Waals surface area contributed by atoms with Crippen molar-refractivity contribution in [2.24, 2.45) is 0 Å². The Morgan fingerprint density at radius 2 is 2.11 bits per heavy atom. The van der Waals surface area contributed by atoms with E-state index in [4.69, 9.17) is 5.26 Å². The molecule has 1 N–H and O–H groups in total. The van der Waals surface area contributed by atoms with Crippen LogP contribution in [0.1, 0.15) is 17.0 Å². The Balaban J connectivity index is 1.89. The average Bonchev–Trinajstić information content (AvgIpc) is 2.42. The van der Waals surface area contributed by atoms with Gasteiger partial charge in [-0.25, -0.2) is 4.39 Å². The van der Waals surface area contributed by atoms with Crippen LogP contribution in [0.2, 0.25) is 0 Å². The molecule has 18 heavy (non-hydrogen) atoms. The van der Waals surface area contributed by atoms with Gasteiger partial charge in [-0.2, -0.15) is 5.26 Å². The molecule has 0 amide bonds. The molecule has 0 saturated carbocycles. The van der Waals surface area contributed by atoms with Gasteiger partial charge in [-0.1, -0.05) is 0 Å². The van der Waals surface area contributed by atoms with Crippen molar-refractivity contribution in [3.63, 3.8) is 0 Å². The molecule has 0 radical (unpaired) electrons. The van der Waals surface area contributed by atoms with E-state index in [9.17, 15) is 4.39 Å². The summed E-state index contributed by atoms with van der Waals surface area (Å²) in [6.07, 6.45) is 3.07. The summed E-state index contributed by atoms with van der Waals surface area (Å²) in [4.78, 5) is 8.04. The van der Waals surface area contributed by atoms with Gasteiger partial charge in [0.05, 0.1) is 17.0 Å². The van der Waals surface area contributed by atoms with Gasteiger partial charge in [0.2, 0.25) is 0 Å². The molecule has 0 aliphatic carbocycles. The quantitative estimate of drug-likeness (QED) is 0.887. The lowest BCUT2D eigenvalue weighted by molar-refractivity contribution is 0.572. The molecule has 2 rings (SSSR count). The minimum absolute atomic E-state index is 0.321. The highest BCUT2D eigenvalue weighted by Crippen LogP contribution is 2.03. The zero-order chi connectivity index (χ0) is 12.8. The molecule has 0 aliphatic heterocycles. The molecule has 2 aromatic heterocycles. The third-order valence-corrected chi connectivity index (χ3v) is 2.39. The number of hydrogen-bond acceptors (Lipinski definition) is 4. The molecular formula is C13H11FN4. The Labute approximate surface area is 104 Å². The van der Waals surface area contributed by atoms with Crippen molar-refractivity contribution < 1.29 is 4.39 Å². The van der Waals surface area contributed by atoms with Gasteiger partial charge in [-0.3, -0.25) is 9.97 Å². The molecule has 2 heterocycles. The lowest BCUT2D eigenvalue weighted by atomic mass is 10.2. The number of halogens is 1. The largest absolute Gasteiger partial charge is 0.305 e. The monoisotopic (exact) mass is 242 g/mol. The molecule has 0 saturated heterocycles. The van der Waals surface area contributed by atoms with Gasteiger partial charge in [0, 0.05) is 25.5 Å². The number of nitriles is 1. The first-order chi connectivity index (χ1) is 8.79. The van der Waals surface area contributed by atoms with Gasteiger partial charge < -0.3 is 5.32 Å². The van der Waals surface area contributed by atoms with Gasteiger partial charge in [0.1, 0.15) is 11.9 Å². The number of nitrogens with one attached hydrogen (secondary N) is 1. The molecule has 0 fully saturated rings. The first-order valence-electron chi connectivity index (χ1n) is 5.45. The van der Waals surface area contributed by atoms with E-state index in [2.05, 4.69) is 15.3 Å². The number of hydrogen-bond donors (Lipinski definition) is 1. The minimum Gasteiger partial charge on any atom is -0.305 e. The lowest BCUT2D eigenvalue weighted by Gasteiger charge is -2.04. The van der Waals surface area contributed by atoms with Crippen LogP contribution in [0.25, 0.3) is 0 Å². The molecule has 0 atom stereocenters. The molecule has 4 nitrogen and oxygen atoms in total. The molecule has 0 spiro atoms. The van der Waals surface area contributed by atoms with Crippen LogP contribution in [0.15, 0.2) is 36.7 Å². The Morgan fingerprint density at radius 3 is 2.78 bits per heavy atom. The molecule has 2 aromatic rings. The highest BCUT2D eigenvalue weighted by Gasteiger charge is 2.02. The predicted molar refractivity (Wildman–Crippen MR) is 63.7 cm³/mol. The van der Waals surface area contributed by atoms with Crippen LogP contribution in [-0.2, 0) is 13.1 Å². The number of pyridine rings is 2. The Morgan fingerprint density at radius 1 is 1.22 bits per heavy atom. The lowest BCUT2D eigenvalue weighted by Crippen LogP contribution is -2.15. The van der Waals surface area contributed by atoms with E-state index in [1.165, 1.54) is 12.3 Å². The zero-order valence-electron chi connectivity index (χ0n) is 9.60. The van der Waals surface area contributed by atoms with E-state index in [1.54, 1.807) is 24.4 Å². The second-order valence-electron chi connectivity index (χ2n) is 3.69. The number of aromatic nitrogens is 2. The summed E-state index contributed by atoms with van der Waals surface area (Å²) in [7, 11) is 0. The molecule has 0 aromatic carbocycles. The standard InChI is InChI=1S/C13H11FN4/c14-12-2-1-5-17-13(12)9-16-8-11-4-3-10(6-15)7-18-11/h1-5,7,16H,8-9H2. The Hall–Kier alpha value is -2.32. The van der Waals surface area contributed by atoms with Gasteiger partial charge in [-0.05, 0) is 24.3 Å². The maximum absolute atomic E-state index is 13.3. The number of rotatable bonds is 4. The van der Waals surface area contributed by atoms with E-state index in [0.29, 0.717) is 24.3 Å². The SMILES string of the molecule is N#Cc1ccc(CNCc2ncccc2F)nc1. The van der Waals surface area contributed by atoms with Crippen molar-refractivity contribution in [1.82, 2.24) is 15.3 Å². The van der Waals surface area contributed by atoms with Crippen molar-refractivity contribution in [3.05, 3.63) is 59.4 Å². The van der Waals surface area contributed by atoms with E-state index in [0.717, 1.165) is 5.69 Å². The minimum atomic E-state index is -0.321. The highest BCUT2D eigenvalue weighted by atomic mass is 19.1. The smallest absolute Gasteiger partial charge is 0.146 e. The topological polar surface area (TPSA) is 61.6 Å². The predicted octanol–water partition coefficient (Wildman–Crippen LogP) is 1.78. The summed E-state index contributed by atoms with van der Waals surface area (Å²) in [6, 6.07) is 8.40. The van der Waals surface area contributed by atoms with Crippen LogP contribution < -0.4 is 5.32 Å². The Bertz CT molecular complexity index is 560. The van der Waals surface area contributed by atoms with E-state index in [1.807, 2.05) is 6.07 Å². The van der Waals surface area contributed by atoms with Crippen molar-refractivity contribution in [2.75, 3.05) is 0 Å². The van der Waals surface area contributed by atoms with Crippen LogP contribution in [0.4, 0.5) is 4.39 Å². The van der Waals surface area contributed by atoms with Crippen LogP contribution in [0.5, 0.6) is 0 Å². The first-order valence-corrected chi connectivity index (χ1v) is 5.45. The third-order valence-electron chi connectivity index (χ3n) is 2.39. The van der Waals surface area contributed by atoms with Crippen molar-refractivity contribution in [2.45, 2.75) is 13.1 Å². The summed E-state index contributed by atoms with van der Waals surface area (Å²) in [5.41, 5.74) is 1.70. The molecule has 0 bridgehead atoms. The Kier molecular flexibility index (Phi) is 3.94. The molecule has 5 heteroatoms. The normalized spacial score (nSPS) is 10.0. The molecule has 0 aliphatic rings. The highest BCUT2D eigenvalue weighted by molar-refractivity contribution is 5.26. The van der Waals surface area contributed by atoms with Crippen molar-refractivity contribution in [1.29, 1.82) is 5.26 Å². The molecular weight excluding hydrogens is 231 g/mol. The van der Waals surface area contributed by atoms with E-state index >= 15 is 0 Å². The zero-order valence-corrected chi connectivity index (χ0v) is 9.60. The van der Waals surface area contributed by atoms with Crippen LogP contribution in [-0.4, -0.2) is 9.97 Å². The summed E-state index contributed by atoms with van der Waals surface area (Å²) in [5, 5.41) is 11.7. The van der Waals surface area contributed by atoms with Crippen molar-refractivity contribution >= 4 is 0 Å². The van der Waals surface area contributed by atoms with Crippen LogP contribution in [0.3, 0.4) is 0 Å². The average molecular weight is 242 g/mol. The molecule has 90 valence electrons. The van der Waals surface area contributed by atoms with Crippen LogP contribution >= 0.6 is 0 Å². The second-order valence-corrected chi connectivity index (χ2v) is 3.69. The fourth-order valence-corrected chi connectivity index (χ4v) is 1.45. The third kappa shape index (κ3) is 3.09. The summed E-state index contributed by atoms with van der Waals surface area (Å²) < 4.78 is 13.3. The van der Waals surface area contributed by atoms with Gasteiger partial charge in [0.25, 0.3) is 0 Å². The van der Waals surface area contributed by atoms with Crippen molar-refractivity contribution in [3.8, 4) is 6.07 Å². The van der Waals surface area contributed by atoms with E-state index in [-0.39, 0.29) is 5.82 Å². The maximum atomic E-state index is 13.3. The summed E-state index contributed by atoms with van der Waals surface area (Å²) in [6.45, 7) is 0.843.